The van der Waals surface area contributed by atoms with Crippen LogP contribution >= 0.6 is 11.6 Å². The first-order valence-corrected chi connectivity index (χ1v) is 13.4. The number of nitrogens with zero attached hydrogens (tertiary/aromatic N) is 1. The fraction of sp³-hybridized carbons (Fsp3) is 0.321. The van der Waals surface area contributed by atoms with Crippen molar-refractivity contribution in [1.82, 2.24) is 5.32 Å². The molecule has 0 unspecified atom stereocenters. The second kappa shape index (κ2) is 10.4. The van der Waals surface area contributed by atoms with Crippen molar-refractivity contribution in [2.45, 2.75) is 57.9 Å². The molecule has 7 heteroatoms. The van der Waals surface area contributed by atoms with Gasteiger partial charge >= 0.3 is 0 Å². The van der Waals surface area contributed by atoms with Gasteiger partial charge in [0.15, 0.2) is 0 Å². The van der Waals surface area contributed by atoms with Crippen molar-refractivity contribution < 1.29 is 13.2 Å². The molecule has 0 bridgehead atoms. The number of halogens is 1. The van der Waals surface area contributed by atoms with Crippen molar-refractivity contribution in [1.29, 1.82) is 0 Å². The van der Waals surface area contributed by atoms with Gasteiger partial charge in [0.25, 0.3) is 10.0 Å². The maximum atomic E-state index is 13.6. The van der Waals surface area contributed by atoms with Crippen molar-refractivity contribution in [2.24, 2.45) is 0 Å². The average Bonchev–Trinajstić information content (AvgIpc) is 2.79. The molecule has 0 heterocycles. The number of hydrogen-bond acceptors (Lipinski definition) is 3. The van der Waals surface area contributed by atoms with Gasteiger partial charge in [0.2, 0.25) is 5.91 Å². The molecule has 0 aliphatic heterocycles. The average molecular weight is 513 g/mol. The first-order chi connectivity index (χ1) is 16.3. The third-order valence-corrected chi connectivity index (χ3v) is 8.16. The molecule has 35 heavy (non-hydrogen) atoms. The van der Waals surface area contributed by atoms with Crippen molar-refractivity contribution >= 4 is 33.2 Å². The molecular formula is C28H33ClN2O3S. The van der Waals surface area contributed by atoms with Gasteiger partial charge in [0.1, 0.15) is 6.54 Å². The molecule has 1 N–H and O–H groups in total. The monoisotopic (exact) mass is 512 g/mol. The third kappa shape index (κ3) is 6.44. The Balaban J connectivity index is 1.87. The molecule has 3 aromatic carbocycles. The maximum Gasteiger partial charge on any atom is 0.264 e. The number of rotatable bonds is 7. The molecule has 0 aromatic heterocycles. The summed E-state index contributed by atoms with van der Waals surface area (Å²) in [5.74, 6) is -0.395. The van der Waals surface area contributed by atoms with Crippen LogP contribution in [0.1, 0.15) is 56.0 Å². The summed E-state index contributed by atoms with van der Waals surface area (Å²) in [7, 11) is -4.00. The lowest BCUT2D eigenvalue weighted by Gasteiger charge is -2.26. The van der Waals surface area contributed by atoms with Crippen LogP contribution in [0, 0.1) is 13.8 Å². The third-order valence-electron chi connectivity index (χ3n) is 6.12. The summed E-state index contributed by atoms with van der Waals surface area (Å²) in [6.45, 7) is 11.9. The Bertz CT molecular complexity index is 1300. The molecule has 0 fully saturated rings. The van der Waals surface area contributed by atoms with Crippen molar-refractivity contribution in [2.75, 3.05) is 10.8 Å². The number of nitrogens with one attached hydrogen (secondary N) is 1. The summed E-state index contributed by atoms with van der Waals surface area (Å²) < 4.78 is 28.3. The van der Waals surface area contributed by atoms with Crippen molar-refractivity contribution in [3.8, 4) is 0 Å². The molecule has 0 aliphatic rings. The highest BCUT2D eigenvalue weighted by molar-refractivity contribution is 7.92. The van der Waals surface area contributed by atoms with Crippen LogP contribution in [0.25, 0.3) is 0 Å². The van der Waals surface area contributed by atoms with Gasteiger partial charge in [-0.15, -0.1) is 0 Å². The largest absolute Gasteiger partial charge is 0.348 e. The van der Waals surface area contributed by atoms with Crippen molar-refractivity contribution in [3.05, 3.63) is 94.0 Å². The number of hydrogen-bond donors (Lipinski definition) is 1. The Labute approximate surface area is 214 Å². The summed E-state index contributed by atoms with van der Waals surface area (Å²) in [4.78, 5) is 13.2. The molecule has 0 saturated carbocycles. The van der Waals surface area contributed by atoms with Crippen LogP contribution in [-0.2, 0) is 20.2 Å². The van der Waals surface area contributed by atoms with Crippen LogP contribution in [0.15, 0.2) is 71.6 Å². The number of carbonyl (C=O) groups excluding carboxylic acids is 1. The first-order valence-electron chi connectivity index (χ1n) is 11.5. The smallest absolute Gasteiger partial charge is 0.264 e. The molecule has 0 radical (unpaired) electrons. The quantitative estimate of drug-likeness (QED) is 0.402. The molecule has 3 aromatic rings. The molecule has 0 aliphatic carbocycles. The topological polar surface area (TPSA) is 66.5 Å². The van der Waals surface area contributed by atoms with E-state index >= 15 is 0 Å². The molecule has 3 rings (SSSR count). The maximum absolute atomic E-state index is 13.6. The summed E-state index contributed by atoms with van der Waals surface area (Å²) in [6.07, 6.45) is 0. The Hall–Kier alpha value is -2.83. The SMILES string of the molecule is Cc1ccc(N(CC(=O)N[C@H](C)c2ccc(C(C)(C)C)cc2)S(=O)(=O)c2ccc(Cl)cc2)cc1C. The predicted molar refractivity (Wildman–Crippen MR) is 144 cm³/mol. The van der Waals surface area contributed by atoms with Crippen molar-refractivity contribution in [3.63, 3.8) is 0 Å². The summed E-state index contributed by atoms with van der Waals surface area (Å²) in [6, 6.07) is 19.1. The van der Waals surface area contributed by atoms with E-state index in [1.54, 1.807) is 12.1 Å². The number of amides is 1. The minimum Gasteiger partial charge on any atom is -0.348 e. The first kappa shape index (κ1) is 26.8. The normalized spacial score (nSPS) is 12.8. The van der Waals surface area contributed by atoms with Crippen LogP contribution in [0.4, 0.5) is 5.69 Å². The number of anilines is 1. The molecule has 0 saturated heterocycles. The van der Waals surface area contributed by atoms with Gasteiger partial charge in [-0.2, -0.15) is 0 Å². The van der Waals surface area contributed by atoms with E-state index in [0.29, 0.717) is 10.7 Å². The van der Waals surface area contributed by atoms with Crippen LogP contribution in [0.3, 0.4) is 0 Å². The lowest BCUT2D eigenvalue weighted by molar-refractivity contribution is -0.120. The summed E-state index contributed by atoms with van der Waals surface area (Å²) in [5.41, 5.74) is 4.59. The number of aryl methyl sites for hydroxylation is 2. The number of sulfonamides is 1. The fourth-order valence-corrected chi connectivity index (χ4v) is 5.24. The number of benzene rings is 3. The zero-order chi connectivity index (χ0) is 26.0. The van der Waals surface area contributed by atoms with Crippen LogP contribution in [-0.4, -0.2) is 20.9 Å². The van der Waals surface area contributed by atoms with Gasteiger partial charge in [-0.25, -0.2) is 8.42 Å². The molecule has 186 valence electrons. The van der Waals surface area contributed by atoms with E-state index in [4.69, 9.17) is 11.6 Å². The van der Waals surface area contributed by atoms with Gasteiger partial charge in [-0.3, -0.25) is 9.10 Å². The number of carbonyl (C=O) groups is 1. The Kier molecular flexibility index (Phi) is 7.97. The van der Waals surface area contributed by atoms with E-state index in [2.05, 4.69) is 38.2 Å². The Morgan fingerprint density at radius 3 is 2.09 bits per heavy atom. The minimum atomic E-state index is -4.00. The van der Waals surface area contributed by atoms with Gasteiger partial charge in [-0.1, -0.05) is 62.7 Å². The van der Waals surface area contributed by atoms with Crippen LogP contribution in [0.2, 0.25) is 5.02 Å². The highest BCUT2D eigenvalue weighted by Gasteiger charge is 2.28. The summed E-state index contributed by atoms with van der Waals surface area (Å²) in [5, 5.41) is 3.38. The van der Waals surface area contributed by atoms with E-state index in [1.807, 2.05) is 39.0 Å². The second-order valence-electron chi connectivity index (χ2n) is 9.90. The Morgan fingerprint density at radius 2 is 1.54 bits per heavy atom. The summed E-state index contributed by atoms with van der Waals surface area (Å²) >= 11 is 5.96. The standard InChI is InChI=1S/C28H33ClN2O3S/c1-19-7-14-25(17-20(19)2)31(35(33,34)26-15-12-24(29)13-16-26)18-27(32)30-21(3)22-8-10-23(11-9-22)28(4,5)6/h7-17,21H,18H2,1-6H3,(H,30,32)/t21-/m1/s1. The molecule has 0 spiro atoms. The lowest BCUT2D eigenvalue weighted by atomic mass is 9.86. The zero-order valence-corrected chi connectivity index (χ0v) is 22.7. The van der Waals surface area contributed by atoms with E-state index in [0.717, 1.165) is 21.0 Å². The van der Waals surface area contributed by atoms with E-state index in [9.17, 15) is 13.2 Å². The molecule has 1 atom stereocenters. The minimum absolute atomic E-state index is 0.0354. The molecule has 5 nitrogen and oxygen atoms in total. The Morgan fingerprint density at radius 1 is 0.943 bits per heavy atom. The van der Waals surface area contributed by atoms with E-state index in [1.165, 1.54) is 29.8 Å². The highest BCUT2D eigenvalue weighted by Crippen LogP contribution is 2.27. The highest BCUT2D eigenvalue weighted by atomic mass is 35.5. The second-order valence-corrected chi connectivity index (χ2v) is 12.2. The van der Waals surface area contributed by atoms with Crippen LogP contribution < -0.4 is 9.62 Å². The molecule has 1 amide bonds. The van der Waals surface area contributed by atoms with Gasteiger partial charge in [0, 0.05) is 5.02 Å². The molecular weight excluding hydrogens is 480 g/mol. The predicted octanol–water partition coefficient (Wildman–Crippen LogP) is 6.33. The zero-order valence-electron chi connectivity index (χ0n) is 21.1. The van der Waals surface area contributed by atoms with Crippen LogP contribution in [0.5, 0.6) is 0 Å². The van der Waals surface area contributed by atoms with Gasteiger partial charge in [-0.05, 0) is 84.8 Å². The van der Waals surface area contributed by atoms with Gasteiger partial charge in [0.05, 0.1) is 16.6 Å². The van der Waals surface area contributed by atoms with E-state index < -0.39 is 15.9 Å². The fourth-order valence-electron chi connectivity index (χ4n) is 3.70. The van der Waals surface area contributed by atoms with E-state index in [-0.39, 0.29) is 22.9 Å². The lowest BCUT2D eigenvalue weighted by Crippen LogP contribution is -2.41. The van der Waals surface area contributed by atoms with Gasteiger partial charge < -0.3 is 5.32 Å².